The quantitative estimate of drug-likeness (QED) is 0.616. The van der Waals surface area contributed by atoms with Gasteiger partial charge in [-0.15, -0.1) is 6.58 Å². The van der Waals surface area contributed by atoms with Crippen LogP contribution >= 0.6 is 0 Å². The average molecular weight is 245 g/mol. The molecule has 0 spiro atoms. The Bertz CT molecular complexity index is 425. The zero-order chi connectivity index (χ0) is 13.0. The van der Waals surface area contributed by atoms with Gasteiger partial charge in [0.15, 0.2) is 17.5 Å². The molecule has 0 aliphatic carbocycles. The number of aliphatic carboxylic acids is 1. The Morgan fingerprint density at radius 1 is 1.41 bits per heavy atom. The van der Waals surface area contributed by atoms with Crippen LogP contribution in [-0.4, -0.2) is 17.6 Å². The first-order valence-corrected chi connectivity index (χ1v) is 4.69. The highest BCUT2D eigenvalue weighted by Gasteiger charge is 2.22. The van der Waals surface area contributed by atoms with Crippen molar-refractivity contribution in [1.82, 2.24) is 5.32 Å². The molecule has 1 unspecified atom stereocenters. The Labute approximate surface area is 95.6 Å². The van der Waals surface area contributed by atoms with Crippen molar-refractivity contribution in [3.05, 3.63) is 47.8 Å². The van der Waals surface area contributed by atoms with Gasteiger partial charge in [0, 0.05) is 6.54 Å². The largest absolute Gasteiger partial charge is 0.480 e. The molecule has 0 bridgehead atoms. The van der Waals surface area contributed by atoms with E-state index in [-0.39, 0.29) is 12.1 Å². The molecule has 0 saturated heterocycles. The normalized spacial score (nSPS) is 12.2. The van der Waals surface area contributed by atoms with Gasteiger partial charge in [0.2, 0.25) is 0 Å². The number of carboxylic acid groups (broad SMARTS) is 1. The summed E-state index contributed by atoms with van der Waals surface area (Å²) in [6, 6.07) is -0.0294. The first kappa shape index (κ1) is 13.2. The molecule has 0 heterocycles. The molecule has 0 amide bonds. The number of hydrogen-bond donors (Lipinski definition) is 2. The minimum atomic E-state index is -1.62. The van der Waals surface area contributed by atoms with Gasteiger partial charge in [0.05, 0.1) is 0 Å². The molecule has 0 fully saturated rings. The Balaban J connectivity index is 3.10. The van der Waals surface area contributed by atoms with E-state index in [4.69, 9.17) is 5.11 Å². The van der Waals surface area contributed by atoms with Crippen molar-refractivity contribution in [2.75, 3.05) is 6.54 Å². The van der Waals surface area contributed by atoms with E-state index < -0.39 is 29.5 Å². The van der Waals surface area contributed by atoms with E-state index in [2.05, 4.69) is 11.9 Å². The summed E-state index contributed by atoms with van der Waals surface area (Å²) in [7, 11) is 0. The third kappa shape index (κ3) is 3.07. The van der Waals surface area contributed by atoms with Gasteiger partial charge in [0.25, 0.3) is 0 Å². The molecule has 6 heteroatoms. The van der Waals surface area contributed by atoms with Gasteiger partial charge in [-0.3, -0.25) is 10.1 Å². The van der Waals surface area contributed by atoms with Crippen molar-refractivity contribution in [3.63, 3.8) is 0 Å². The molecular weight excluding hydrogens is 235 g/mol. The van der Waals surface area contributed by atoms with Crippen LogP contribution in [0.5, 0.6) is 0 Å². The summed E-state index contributed by atoms with van der Waals surface area (Å²) in [6.07, 6.45) is 1.40. The summed E-state index contributed by atoms with van der Waals surface area (Å²) in [6.45, 7) is 3.51. The molecule has 0 aliphatic heterocycles. The monoisotopic (exact) mass is 245 g/mol. The SMILES string of the molecule is C=CCNC(C(=O)O)c1cc(F)c(F)c(F)c1. The topological polar surface area (TPSA) is 49.3 Å². The van der Waals surface area contributed by atoms with Crippen LogP contribution in [0.1, 0.15) is 11.6 Å². The number of hydrogen-bond acceptors (Lipinski definition) is 2. The van der Waals surface area contributed by atoms with Crippen LogP contribution in [0.4, 0.5) is 13.2 Å². The lowest BCUT2D eigenvalue weighted by Crippen LogP contribution is -2.28. The summed E-state index contributed by atoms with van der Waals surface area (Å²) < 4.78 is 38.6. The van der Waals surface area contributed by atoms with E-state index >= 15 is 0 Å². The van der Waals surface area contributed by atoms with Crippen molar-refractivity contribution in [1.29, 1.82) is 0 Å². The maximum absolute atomic E-state index is 12.9. The molecule has 3 nitrogen and oxygen atoms in total. The Morgan fingerprint density at radius 3 is 2.35 bits per heavy atom. The van der Waals surface area contributed by atoms with Gasteiger partial charge in [0.1, 0.15) is 6.04 Å². The van der Waals surface area contributed by atoms with E-state index in [1.54, 1.807) is 0 Å². The lowest BCUT2D eigenvalue weighted by atomic mass is 10.1. The second-order valence-corrected chi connectivity index (χ2v) is 3.27. The van der Waals surface area contributed by atoms with Gasteiger partial charge in [-0.05, 0) is 17.7 Å². The van der Waals surface area contributed by atoms with Crippen LogP contribution in [0, 0.1) is 17.5 Å². The van der Waals surface area contributed by atoms with Crippen molar-refractivity contribution in [2.45, 2.75) is 6.04 Å². The first-order chi connectivity index (χ1) is 7.97. The van der Waals surface area contributed by atoms with Crippen LogP contribution < -0.4 is 5.32 Å². The molecular formula is C11H10F3NO2. The van der Waals surface area contributed by atoms with Crippen molar-refractivity contribution >= 4 is 5.97 Å². The predicted octanol–water partition coefficient (Wildman–Crippen LogP) is 2.01. The highest BCUT2D eigenvalue weighted by Crippen LogP contribution is 2.19. The van der Waals surface area contributed by atoms with Gasteiger partial charge in [-0.1, -0.05) is 6.08 Å². The fraction of sp³-hybridized carbons (Fsp3) is 0.182. The van der Waals surface area contributed by atoms with Crippen LogP contribution in [0.25, 0.3) is 0 Å². The standard InChI is InChI=1S/C11H10F3NO2/c1-2-3-15-10(11(16)17)6-4-7(12)9(14)8(13)5-6/h2,4-5,10,15H,1,3H2,(H,16,17). The molecule has 0 radical (unpaired) electrons. The molecule has 17 heavy (non-hydrogen) atoms. The number of rotatable bonds is 5. The Kier molecular flexibility index (Phi) is 4.28. The van der Waals surface area contributed by atoms with Crippen molar-refractivity contribution in [3.8, 4) is 0 Å². The maximum atomic E-state index is 12.9. The van der Waals surface area contributed by atoms with Gasteiger partial charge in [-0.2, -0.15) is 0 Å². The number of benzene rings is 1. The molecule has 1 atom stereocenters. The van der Waals surface area contributed by atoms with Crippen molar-refractivity contribution < 1.29 is 23.1 Å². The van der Waals surface area contributed by atoms with E-state index in [0.717, 1.165) is 0 Å². The van der Waals surface area contributed by atoms with Crippen molar-refractivity contribution in [2.24, 2.45) is 0 Å². The zero-order valence-electron chi connectivity index (χ0n) is 8.71. The molecule has 0 saturated carbocycles. The van der Waals surface area contributed by atoms with Crippen LogP contribution in [0.2, 0.25) is 0 Å². The number of carboxylic acids is 1. The number of halogens is 3. The molecule has 1 rings (SSSR count). The van der Waals surface area contributed by atoms with E-state index in [1.165, 1.54) is 6.08 Å². The van der Waals surface area contributed by atoms with E-state index in [0.29, 0.717) is 12.1 Å². The first-order valence-electron chi connectivity index (χ1n) is 4.69. The zero-order valence-corrected chi connectivity index (χ0v) is 8.71. The molecule has 2 N–H and O–H groups in total. The summed E-state index contributed by atoms with van der Waals surface area (Å²) in [4.78, 5) is 10.9. The molecule has 0 aromatic heterocycles. The lowest BCUT2D eigenvalue weighted by Gasteiger charge is -2.14. The summed E-state index contributed by atoms with van der Waals surface area (Å²) in [5, 5.41) is 11.4. The minimum Gasteiger partial charge on any atom is -0.480 e. The summed E-state index contributed by atoms with van der Waals surface area (Å²) in [5.74, 6) is -5.79. The Morgan fingerprint density at radius 2 is 1.94 bits per heavy atom. The number of nitrogens with one attached hydrogen (secondary N) is 1. The van der Waals surface area contributed by atoms with Gasteiger partial charge in [-0.25, -0.2) is 13.2 Å². The predicted molar refractivity (Wildman–Crippen MR) is 54.9 cm³/mol. The fourth-order valence-corrected chi connectivity index (χ4v) is 1.29. The highest BCUT2D eigenvalue weighted by atomic mass is 19.2. The Hall–Kier alpha value is -1.82. The molecule has 92 valence electrons. The smallest absolute Gasteiger partial charge is 0.325 e. The fourth-order valence-electron chi connectivity index (χ4n) is 1.29. The minimum absolute atomic E-state index is 0.136. The third-order valence-electron chi connectivity index (χ3n) is 2.05. The molecule has 1 aromatic rings. The highest BCUT2D eigenvalue weighted by molar-refractivity contribution is 5.75. The summed E-state index contributed by atoms with van der Waals surface area (Å²) in [5.41, 5.74) is -0.198. The lowest BCUT2D eigenvalue weighted by molar-refractivity contribution is -0.139. The number of carbonyl (C=O) groups is 1. The second kappa shape index (κ2) is 5.49. The van der Waals surface area contributed by atoms with Gasteiger partial charge < -0.3 is 5.11 Å². The maximum Gasteiger partial charge on any atom is 0.325 e. The molecule has 0 aliphatic rings. The second-order valence-electron chi connectivity index (χ2n) is 3.27. The van der Waals surface area contributed by atoms with E-state index in [9.17, 15) is 18.0 Å². The van der Waals surface area contributed by atoms with Crippen LogP contribution in [0.3, 0.4) is 0 Å². The third-order valence-corrected chi connectivity index (χ3v) is 2.05. The average Bonchev–Trinajstić information content (AvgIpc) is 2.25. The molecule has 1 aromatic carbocycles. The van der Waals surface area contributed by atoms with Crippen LogP contribution in [0.15, 0.2) is 24.8 Å². The van der Waals surface area contributed by atoms with E-state index in [1.807, 2.05) is 0 Å². The summed E-state index contributed by atoms with van der Waals surface area (Å²) >= 11 is 0. The van der Waals surface area contributed by atoms with Gasteiger partial charge >= 0.3 is 5.97 Å². The van der Waals surface area contributed by atoms with Crippen LogP contribution in [-0.2, 0) is 4.79 Å².